The van der Waals surface area contributed by atoms with Crippen LogP contribution in [0.1, 0.15) is 19.3 Å². The first-order valence-corrected chi connectivity index (χ1v) is 4.37. The zero-order chi connectivity index (χ0) is 8.39. The van der Waals surface area contributed by atoms with Gasteiger partial charge in [0.1, 0.15) is 0 Å². The van der Waals surface area contributed by atoms with E-state index in [0.29, 0.717) is 0 Å². The molecule has 12 heavy (non-hydrogen) atoms. The minimum absolute atomic E-state index is 1.04. The van der Waals surface area contributed by atoms with E-state index in [1.54, 1.807) is 0 Å². The molecule has 2 rings (SSSR count). The Hall–Kier alpha value is -1.12. The van der Waals surface area contributed by atoms with Crippen LogP contribution in [0.25, 0.3) is 0 Å². The van der Waals surface area contributed by atoms with Crippen LogP contribution in [-0.2, 0) is 0 Å². The van der Waals surface area contributed by atoms with Gasteiger partial charge in [0.05, 0.1) is 11.4 Å². The second-order valence-corrected chi connectivity index (χ2v) is 3.18. The molecule has 0 fully saturated rings. The third kappa shape index (κ3) is 1.40. The minimum Gasteiger partial charge on any atom is -0.299 e. The monoisotopic (exact) mass is 163 g/mol. The third-order valence-corrected chi connectivity index (χ3v) is 2.18. The van der Waals surface area contributed by atoms with Gasteiger partial charge < -0.3 is 0 Å². The largest absolute Gasteiger partial charge is 0.299 e. The van der Waals surface area contributed by atoms with E-state index in [1.807, 2.05) is 18.3 Å². The van der Waals surface area contributed by atoms with Gasteiger partial charge in [-0.15, -0.1) is 0 Å². The highest BCUT2D eigenvalue weighted by molar-refractivity contribution is 6.42. The molecule has 0 saturated carbocycles. The van der Waals surface area contributed by atoms with Gasteiger partial charge in [-0.1, -0.05) is 6.08 Å². The van der Waals surface area contributed by atoms with Gasteiger partial charge in [0.2, 0.25) is 0 Å². The molecule has 2 heterocycles. The van der Waals surface area contributed by atoms with Crippen molar-refractivity contribution in [1.82, 2.24) is 5.01 Å². The van der Waals surface area contributed by atoms with Crippen LogP contribution >= 0.6 is 0 Å². The van der Waals surface area contributed by atoms with Crippen LogP contribution in [0.2, 0.25) is 0 Å². The van der Waals surface area contributed by atoms with E-state index in [4.69, 9.17) is 0 Å². The van der Waals surface area contributed by atoms with E-state index < -0.39 is 0 Å². The Morgan fingerprint density at radius 3 is 2.83 bits per heavy atom. The van der Waals surface area contributed by atoms with Crippen molar-refractivity contribution >= 4 is 11.4 Å². The Kier molecular flexibility index (Phi) is 1.94. The van der Waals surface area contributed by atoms with E-state index in [9.17, 15) is 0 Å². The van der Waals surface area contributed by atoms with Crippen molar-refractivity contribution < 1.29 is 0 Å². The summed E-state index contributed by atoms with van der Waals surface area (Å²) in [5.74, 6) is 0. The lowest BCUT2D eigenvalue weighted by molar-refractivity contribution is 0.393. The van der Waals surface area contributed by atoms with E-state index in [1.165, 1.54) is 11.4 Å². The number of hydrazone groups is 1. The normalized spacial score (nSPS) is 22.6. The zero-order valence-electron chi connectivity index (χ0n) is 7.32. The summed E-state index contributed by atoms with van der Waals surface area (Å²) in [6, 6.07) is 0. The highest BCUT2D eigenvalue weighted by atomic mass is 15.5. The van der Waals surface area contributed by atoms with Crippen molar-refractivity contribution in [1.29, 1.82) is 0 Å². The summed E-state index contributed by atoms with van der Waals surface area (Å²) in [4.78, 5) is 4.32. The number of allylic oxidation sites excluding steroid dienone is 1. The molecule has 0 aromatic rings. The predicted octanol–water partition coefficient (Wildman–Crippen LogP) is 1.43. The van der Waals surface area contributed by atoms with Crippen LogP contribution in [0.3, 0.4) is 0 Å². The fourth-order valence-electron chi connectivity index (χ4n) is 1.50. The Morgan fingerprint density at radius 1 is 1.33 bits per heavy atom. The van der Waals surface area contributed by atoms with Crippen molar-refractivity contribution in [3.8, 4) is 0 Å². The van der Waals surface area contributed by atoms with Crippen LogP contribution in [-0.4, -0.2) is 30.0 Å². The lowest BCUT2D eigenvalue weighted by Crippen LogP contribution is -2.12. The molecule has 0 unspecified atom stereocenters. The smallest absolute Gasteiger partial charge is 0.0837 e. The summed E-state index contributed by atoms with van der Waals surface area (Å²) in [6.07, 6.45) is 7.22. The standard InChI is InChI=1S/C9H13N3/c1-12-7-5-9(11-12)8-4-2-3-6-10-8/h3,6H,2,4-5,7H2,1H3. The van der Waals surface area contributed by atoms with Crippen LogP contribution in [0, 0.1) is 0 Å². The van der Waals surface area contributed by atoms with Gasteiger partial charge in [0.15, 0.2) is 0 Å². The van der Waals surface area contributed by atoms with Crippen LogP contribution in [0.4, 0.5) is 0 Å². The average molecular weight is 163 g/mol. The lowest BCUT2D eigenvalue weighted by atomic mass is 10.1. The van der Waals surface area contributed by atoms with E-state index in [-0.39, 0.29) is 0 Å². The molecule has 64 valence electrons. The van der Waals surface area contributed by atoms with Crippen molar-refractivity contribution in [2.75, 3.05) is 13.6 Å². The van der Waals surface area contributed by atoms with Crippen molar-refractivity contribution in [2.24, 2.45) is 10.1 Å². The van der Waals surface area contributed by atoms with Crippen LogP contribution in [0.5, 0.6) is 0 Å². The van der Waals surface area contributed by atoms with Crippen LogP contribution < -0.4 is 0 Å². The molecular weight excluding hydrogens is 150 g/mol. The summed E-state index contributed by atoms with van der Waals surface area (Å²) >= 11 is 0. The maximum Gasteiger partial charge on any atom is 0.0837 e. The van der Waals surface area contributed by atoms with Gasteiger partial charge in [0, 0.05) is 26.2 Å². The predicted molar refractivity (Wildman–Crippen MR) is 50.5 cm³/mol. The Bertz CT molecular complexity index is 263. The van der Waals surface area contributed by atoms with Gasteiger partial charge in [-0.05, 0) is 12.8 Å². The summed E-state index contributed by atoms with van der Waals surface area (Å²) in [7, 11) is 2.01. The van der Waals surface area contributed by atoms with Crippen molar-refractivity contribution in [2.45, 2.75) is 19.3 Å². The zero-order valence-corrected chi connectivity index (χ0v) is 7.32. The lowest BCUT2D eigenvalue weighted by Gasteiger charge is -2.05. The molecule has 2 aliphatic rings. The molecule has 3 nitrogen and oxygen atoms in total. The highest BCUT2D eigenvalue weighted by Crippen LogP contribution is 2.11. The average Bonchev–Trinajstić information content (AvgIpc) is 2.54. The van der Waals surface area contributed by atoms with Crippen molar-refractivity contribution in [3.05, 3.63) is 12.3 Å². The second-order valence-electron chi connectivity index (χ2n) is 3.18. The number of aliphatic imine (C=N–C) groups is 1. The Morgan fingerprint density at radius 2 is 2.25 bits per heavy atom. The fraction of sp³-hybridized carbons (Fsp3) is 0.556. The number of hydrogen-bond acceptors (Lipinski definition) is 3. The quantitative estimate of drug-likeness (QED) is 0.574. The molecule has 0 aliphatic carbocycles. The first-order valence-electron chi connectivity index (χ1n) is 4.37. The highest BCUT2D eigenvalue weighted by Gasteiger charge is 2.16. The topological polar surface area (TPSA) is 28.0 Å². The number of hydrogen-bond donors (Lipinski definition) is 0. The minimum atomic E-state index is 1.04. The molecule has 0 aromatic heterocycles. The maximum atomic E-state index is 4.40. The van der Waals surface area contributed by atoms with Gasteiger partial charge >= 0.3 is 0 Å². The van der Waals surface area contributed by atoms with Gasteiger partial charge in [-0.25, -0.2) is 0 Å². The third-order valence-electron chi connectivity index (χ3n) is 2.18. The van der Waals surface area contributed by atoms with Gasteiger partial charge in [-0.3, -0.25) is 10.0 Å². The first kappa shape index (κ1) is 7.53. The second kappa shape index (κ2) is 3.09. The van der Waals surface area contributed by atoms with E-state index in [0.717, 1.165) is 25.8 Å². The molecule has 3 heteroatoms. The molecule has 0 spiro atoms. The molecule has 0 amide bonds. The summed E-state index contributed by atoms with van der Waals surface area (Å²) in [6.45, 7) is 1.04. The Balaban J connectivity index is 2.14. The molecule has 0 atom stereocenters. The number of rotatable bonds is 1. The summed E-state index contributed by atoms with van der Waals surface area (Å²) < 4.78 is 0. The molecular formula is C9H13N3. The number of nitrogens with zero attached hydrogens (tertiary/aromatic N) is 3. The molecule has 0 saturated heterocycles. The van der Waals surface area contributed by atoms with E-state index in [2.05, 4.69) is 16.2 Å². The van der Waals surface area contributed by atoms with Gasteiger partial charge in [-0.2, -0.15) is 5.10 Å². The van der Waals surface area contributed by atoms with Crippen molar-refractivity contribution in [3.63, 3.8) is 0 Å². The summed E-state index contributed by atoms with van der Waals surface area (Å²) in [5.41, 5.74) is 2.36. The molecule has 0 bridgehead atoms. The SMILES string of the molecule is CN1CCC(C2=NC=CCC2)=N1. The Labute approximate surface area is 72.5 Å². The summed E-state index contributed by atoms with van der Waals surface area (Å²) in [5, 5.41) is 6.38. The fourth-order valence-corrected chi connectivity index (χ4v) is 1.50. The van der Waals surface area contributed by atoms with E-state index >= 15 is 0 Å². The van der Waals surface area contributed by atoms with Crippen LogP contribution in [0.15, 0.2) is 22.4 Å². The molecule has 0 aromatic carbocycles. The molecule has 0 N–H and O–H groups in total. The molecule has 2 aliphatic heterocycles. The van der Waals surface area contributed by atoms with Gasteiger partial charge in [0.25, 0.3) is 0 Å². The first-order chi connectivity index (χ1) is 5.86. The molecule has 0 radical (unpaired) electrons. The maximum absolute atomic E-state index is 4.40.